The van der Waals surface area contributed by atoms with E-state index >= 15 is 0 Å². The van der Waals surface area contributed by atoms with Crippen molar-refractivity contribution in [2.24, 2.45) is 5.73 Å². The Morgan fingerprint density at radius 2 is 2.16 bits per heavy atom. The van der Waals surface area contributed by atoms with Gasteiger partial charge in [0.15, 0.2) is 0 Å². The van der Waals surface area contributed by atoms with Gasteiger partial charge in [-0.3, -0.25) is 0 Å². The van der Waals surface area contributed by atoms with Gasteiger partial charge in [0.2, 0.25) is 5.88 Å². The van der Waals surface area contributed by atoms with E-state index in [2.05, 4.69) is 48.5 Å². The fourth-order valence-corrected chi connectivity index (χ4v) is 2.85. The fourth-order valence-electron chi connectivity index (χ4n) is 1.73. The van der Waals surface area contributed by atoms with E-state index < -0.39 is 0 Å². The Bertz CT molecular complexity index is 580. The molecule has 1 atom stereocenters. The maximum absolute atomic E-state index is 6.26. The van der Waals surface area contributed by atoms with Gasteiger partial charge in [0.05, 0.1) is 7.11 Å². The van der Waals surface area contributed by atoms with Crippen molar-refractivity contribution in [1.82, 2.24) is 9.97 Å². The molecule has 100 valence electrons. The van der Waals surface area contributed by atoms with Crippen LogP contribution in [0, 0.1) is 3.57 Å². The number of ether oxygens (including phenoxy) is 1. The lowest BCUT2D eigenvalue weighted by Crippen LogP contribution is -2.15. The topological polar surface area (TPSA) is 61.0 Å². The summed E-state index contributed by atoms with van der Waals surface area (Å²) < 4.78 is 7.26. The number of halogens is 2. The first-order valence-corrected chi connectivity index (χ1v) is 7.52. The first kappa shape index (κ1) is 14.7. The zero-order valence-electron chi connectivity index (χ0n) is 10.3. The SMILES string of the molecule is COc1cc(CC(N)c2cc(Br)ccc2I)ncn1. The maximum Gasteiger partial charge on any atom is 0.216 e. The van der Waals surface area contributed by atoms with Gasteiger partial charge in [0, 0.05) is 32.3 Å². The lowest BCUT2D eigenvalue weighted by atomic mass is 10.0. The summed E-state index contributed by atoms with van der Waals surface area (Å²) in [5.41, 5.74) is 8.24. The molecule has 0 bridgehead atoms. The summed E-state index contributed by atoms with van der Waals surface area (Å²) in [6.07, 6.45) is 2.14. The summed E-state index contributed by atoms with van der Waals surface area (Å²) in [7, 11) is 1.59. The molecule has 0 amide bonds. The molecule has 2 N–H and O–H groups in total. The molecule has 0 fully saturated rings. The quantitative estimate of drug-likeness (QED) is 0.752. The molecule has 2 aromatic rings. The van der Waals surface area contributed by atoms with Crippen molar-refractivity contribution in [3.05, 3.63) is 49.9 Å². The number of aromatic nitrogens is 2. The van der Waals surface area contributed by atoms with Gasteiger partial charge in [0.25, 0.3) is 0 Å². The second kappa shape index (κ2) is 6.62. The number of methoxy groups -OCH3 is 1. The predicted molar refractivity (Wildman–Crippen MR) is 86.1 cm³/mol. The molecule has 1 aromatic heterocycles. The Kier molecular flexibility index (Phi) is 5.12. The number of hydrogen-bond donors (Lipinski definition) is 1. The summed E-state index contributed by atoms with van der Waals surface area (Å²) in [6.45, 7) is 0. The highest BCUT2D eigenvalue weighted by atomic mass is 127. The number of hydrogen-bond acceptors (Lipinski definition) is 4. The van der Waals surface area contributed by atoms with Gasteiger partial charge < -0.3 is 10.5 Å². The van der Waals surface area contributed by atoms with Crippen LogP contribution in [0.4, 0.5) is 0 Å². The molecule has 0 saturated carbocycles. The molecule has 0 radical (unpaired) electrons. The Labute approximate surface area is 134 Å². The molecule has 0 aliphatic rings. The van der Waals surface area contributed by atoms with Crippen LogP contribution in [0.1, 0.15) is 17.3 Å². The Hall–Kier alpha value is -0.730. The standard InChI is InChI=1S/C13H13BrIN3O/c1-19-13-6-9(17-7-18-13)5-12(16)10-4-8(14)2-3-11(10)15/h2-4,6-7,12H,5,16H2,1H3. The van der Waals surface area contributed by atoms with Crippen LogP contribution in [0.25, 0.3) is 0 Å². The van der Waals surface area contributed by atoms with E-state index in [1.54, 1.807) is 7.11 Å². The van der Waals surface area contributed by atoms with Crippen molar-refractivity contribution in [2.45, 2.75) is 12.5 Å². The molecule has 6 heteroatoms. The van der Waals surface area contributed by atoms with Crippen LogP contribution in [0.2, 0.25) is 0 Å². The summed E-state index contributed by atoms with van der Waals surface area (Å²) in [4.78, 5) is 8.21. The highest BCUT2D eigenvalue weighted by Gasteiger charge is 2.12. The minimum Gasteiger partial charge on any atom is -0.481 e. The highest BCUT2D eigenvalue weighted by Crippen LogP contribution is 2.25. The number of rotatable bonds is 4. The Balaban J connectivity index is 2.20. The first-order chi connectivity index (χ1) is 9.10. The van der Waals surface area contributed by atoms with Gasteiger partial charge in [-0.2, -0.15) is 0 Å². The molecule has 0 aliphatic heterocycles. The Morgan fingerprint density at radius 1 is 1.37 bits per heavy atom. The third-order valence-electron chi connectivity index (χ3n) is 2.69. The van der Waals surface area contributed by atoms with Crippen LogP contribution in [0.3, 0.4) is 0 Å². The zero-order chi connectivity index (χ0) is 13.8. The minimum atomic E-state index is -0.107. The van der Waals surface area contributed by atoms with Crippen LogP contribution in [0.15, 0.2) is 35.1 Å². The molecule has 1 unspecified atom stereocenters. The third-order valence-corrected chi connectivity index (χ3v) is 4.17. The van der Waals surface area contributed by atoms with Gasteiger partial charge in [-0.15, -0.1) is 0 Å². The van der Waals surface area contributed by atoms with Gasteiger partial charge in [-0.1, -0.05) is 15.9 Å². The monoisotopic (exact) mass is 433 g/mol. The van der Waals surface area contributed by atoms with Crippen LogP contribution in [-0.4, -0.2) is 17.1 Å². The van der Waals surface area contributed by atoms with Crippen molar-refractivity contribution >= 4 is 38.5 Å². The number of nitrogens with two attached hydrogens (primary N) is 1. The van der Waals surface area contributed by atoms with E-state index in [0.717, 1.165) is 19.3 Å². The minimum absolute atomic E-state index is 0.107. The number of benzene rings is 1. The van der Waals surface area contributed by atoms with Crippen molar-refractivity contribution in [1.29, 1.82) is 0 Å². The first-order valence-electron chi connectivity index (χ1n) is 5.65. The van der Waals surface area contributed by atoms with E-state index in [0.29, 0.717) is 12.3 Å². The van der Waals surface area contributed by atoms with Crippen LogP contribution < -0.4 is 10.5 Å². The van der Waals surface area contributed by atoms with Gasteiger partial charge in [-0.25, -0.2) is 9.97 Å². The van der Waals surface area contributed by atoms with Gasteiger partial charge in [-0.05, 0) is 46.4 Å². The maximum atomic E-state index is 6.26. The van der Waals surface area contributed by atoms with E-state index in [9.17, 15) is 0 Å². The Morgan fingerprint density at radius 3 is 2.89 bits per heavy atom. The van der Waals surface area contributed by atoms with Crippen LogP contribution >= 0.6 is 38.5 Å². The van der Waals surface area contributed by atoms with Crippen LogP contribution in [0.5, 0.6) is 5.88 Å². The third kappa shape index (κ3) is 3.87. The van der Waals surface area contributed by atoms with Crippen molar-refractivity contribution < 1.29 is 4.74 Å². The number of nitrogens with zero attached hydrogens (tertiary/aromatic N) is 2. The molecule has 19 heavy (non-hydrogen) atoms. The largest absolute Gasteiger partial charge is 0.481 e. The average Bonchev–Trinajstić information content (AvgIpc) is 2.41. The van der Waals surface area contributed by atoms with Crippen molar-refractivity contribution in [2.75, 3.05) is 7.11 Å². The summed E-state index contributed by atoms with van der Waals surface area (Å²) in [5, 5.41) is 0. The van der Waals surface area contributed by atoms with E-state index in [1.807, 2.05) is 24.3 Å². The zero-order valence-corrected chi connectivity index (χ0v) is 14.1. The molecular formula is C13H13BrIN3O. The second-order valence-electron chi connectivity index (χ2n) is 4.03. The normalized spacial score (nSPS) is 12.2. The van der Waals surface area contributed by atoms with E-state index in [-0.39, 0.29) is 6.04 Å². The molecule has 0 spiro atoms. The molecular weight excluding hydrogens is 421 g/mol. The molecule has 2 rings (SSSR count). The molecule has 4 nitrogen and oxygen atoms in total. The molecule has 1 heterocycles. The van der Waals surface area contributed by atoms with Gasteiger partial charge in [0.1, 0.15) is 6.33 Å². The smallest absolute Gasteiger partial charge is 0.216 e. The second-order valence-corrected chi connectivity index (χ2v) is 6.11. The van der Waals surface area contributed by atoms with Crippen molar-refractivity contribution in [3.8, 4) is 5.88 Å². The molecule has 0 aliphatic carbocycles. The fraction of sp³-hybridized carbons (Fsp3) is 0.231. The molecule has 0 saturated heterocycles. The summed E-state index contributed by atoms with van der Waals surface area (Å²) in [6, 6.07) is 7.80. The van der Waals surface area contributed by atoms with E-state index in [1.165, 1.54) is 6.33 Å². The van der Waals surface area contributed by atoms with E-state index in [4.69, 9.17) is 10.5 Å². The highest BCUT2D eigenvalue weighted by molar-refractivity contribution is 14.1. The molecule has 1 aromatic carbocycles. The average molecular weight is 434 g/mol. The lowest BCUT2D eigenvalue weighted by molar-refractivity contribution is 0.395. The predicted octanol–water partition coefficient (Wildman–Crippen LogP) is 3.09. The van der Waals surface area contributed by atoms with Gasteiger partial charge >= 0.3 is 0 Å². The summed E-state index contributed by atoms with van der Waals surface area (Å²) in [5.74, 6) is 0.557. The van der Waals surface area contributed by atoms with Crippen molar-refractivity contribution in [3.63, 3.8) is 0 Å². The van der Waals surface area contributed by atoms with Crippen LogP contribution in [-0.2, 0) is 6.42 Å². The summed E-state index contributed by atoms with van der Waals surface area (Å²) >= 11 is 5.76. The lowest BCUT2D eigenvalue weighted by Gasteiger charge is -2.14.